The average molecular weight is 532 g/mol. The van der Waals surface area contributed by atoms with E-state index in [-0.39, 0.29) is 21.7 Å². The number of likely N-dealkylation sites (N-methyl/N-ethyl adjacent to an activating group) is 1. The van der Waals surface area contributed by atoms with Crippen LogP contribution in [-0.4, -0.2) is 75.6 Å². The fraction of sp³-hybridized carbons (Fsp3) is 0.333. The Labute approximate surface area is 216 Å². The first-order valence-electron chi connectivity index (χ1n) is 11.5. The van der Waals surface area contributed by atoms with Crippen molar-refractivity contribution in [1.82, 2.24) is 24.5 Å². The zero-order chi connectivity index (χ0) is 25.7. The van der Waals surface area contributed by atoms with E-state index in [0.717, 1.165) is 44.0 Å². The van der Waals surface area contributed by atoms with Gasteiger partial charge in [0.2, 0.25) is 16.0 Å². The zero-order valence-corrected chi connectivity index (χ0v) is 22.0. The lowest BCUT2D eigenvalue weighted by Crippen LogP contribution is -2.43. The fourth-order valence-corrected chi connectivity index (χ4v) is 4.92. The van der Waals surface area contributed by atoms with E-state index in [1.54, 1.807) is 25.3 Å². The third-order valence-electron chi connectivity index (χ3n) is 5.95. The Balaban J connectivity index is 1.57. The molecule has 0 atom stereocenters. The van der Waals surface area contributed by atoms with Crippen molar-refractivity contribution in [2.45, 2.75) is 11.4 Å². The van der Waals surface area contributed by atoms with Crippen LogP contribution >= 0.6 is 11.6 Å². The van der Waals surface area contributed by atoms with Crippen LogP contribution in [0.15, 0.2) is 53.6 Å². The fourth-order valence-electron chi connectivity index (χ4n) is 3.89. The Morgan fingerprint density at radius 1 is 1.06 bits per heavy atom. The molecule has 2 heterocycles. The van der Waals surface area contributed by atoms with Crippen LogP contribution in [0.1, 0.15) is 5.56 Å². The van der Waals surface area contributed by atoms with Gasteiger partial charge in [-0.05, 0) is 43.9 Å². The molecule has 0 radical (unpaired) electrons. The molecule has 0 spiro atoms. The second-order valence-electron chi connectivity index (χ2n) is 8.46. The highest BCUT2D eigenvalue weighted by molar-refractivity contribution is 7.89. The molecule has 3 aromatic rings. The monoisotopic (exact) mass is 531 g/mol. The summed E-state index contributed by atoms with van der Waals surface area (Å²) in [6.07, 6.45) is 1.45. The first kappa shape index (κ1) is 26.1. The van der Waals surface area contributed by atoms with Gasteiger partial charge < -0.3 is 20.3 Å². The molecule has 0 aliphatic carbocycles. The summed E-state index contributed by atoms with van der Waals surface area (Å²) in [6.45, 7) is 4.97. The van der Waals surface area contributed by atoms with Crippen molar-refractivity contribution in [2.75, 3.05) is 58.0 Å². The van der Waals surface area contributed by atoms with E-state index >= 15 is 0 Å². The van der Waals surface area contributed by atoms with Gasteiger partial charge in [-0.25, -0.2) is 18.1 Å². The van der Waals surface area contributed by atoms with Gasteiger partial charge in [0, 0.05) is 32.7 Å². The number of anilines is 4. The number of para-hydroxylation sites is 1. The van der Waals surface area contributed by atoms with Crippen LogP contribution in [-0.2, 0) is 16.6 Å². The number of nitrogens with one attached hydrogen (secondary N) is 3. The Morgan fingerprint density at radius 2 is 1.81 bits per heavy atom. The predicted octanol–water partition coefficient (Wildman–Crippen LogP) is 3.28. The summed E-state index contributed by atoms with van der Waals surface area (Å²) < 4.78 is 32.7. The van der Waals surface area contributed by atoms with Crippen molar-refractivity contribution >= 4 is 44.8 Å². The molecule has 36 heavy (non-hydrogen) atoms. The van der Waals surface area contributed by atoms with E-state index in [0.29, 0.717) is 11.4 Å². The van der Waals surface area contributed by atoms with Crippen LogP contribution in [0, 0.1) is 0 Å². The van der Waals surface area contributed by atoms with E-state index in [4.69, 9.17) is 16.3 Å². The first-order chi connectivity index (χ1) is 17.3. The molecule has 0 unspecified atom stereocenters. The Hall–Kier alpha value is -2.96. The van der Waals surface area contributed by atoms with E-state index in [9.17, 15) is 8.42 Å². The average Bonchev–Trinajstić information content (AvgIpc) is 2.88. The van der Waals surface area contributed by atoms with Crippen LogP contribution in [0.25, 0.3) is 0 Å². The molecule has 1 aliphatic heterocycles. The Morgan fingerprint density at radius 3 is 2.53 bits per heavy atom. The second-order valence-corrected chi connectivity index (χ2v) is 10.7. The van der Waals surface area contributed by atoms with Crippen molar-refractivity contribution in [3.8, 4) is 5.75 Å². The molecule has 0 amide bonds. The van der Waals surface area contributed by atoms with Crippen molar-refractivity contribution in [1.29, 1.82) is 0 Å². The number of aromatic nitrogens is 2. The molecule has 0 bridgehead atoms. The highest BCUT2D eigenvalue weighted by atomic mass is 35.5. The normalized spacial score (nSPS) is 15.0. The molecule has 3 N–H and O–H groups in total. The minimum atomic E-state index is -3.69. The number of piperazine rings is 1. The minimum Gasteiger partial charge on any atom is -0.495 e. The van der Waals surface area contributed by atoms with Crippen LogP contribution in [0.5, 0.6) is 5.75 Å². The lowest BCUT2D eigenvalue weighted by molar-refractivity contribution is 0.148. The van der Waals surface area contributed by atoms with Crippen LogP contribution in [0.2, 0.25) is 5.02 Å². The quantitative estimate of drug-likeness (QED) is 0.383. The smallest absolute Gasteiger partial charge is 0.242 e. The van der Waals surface area contributed by atoms with Gasteiger partial charge in [0.25, 0.3) is 0 Å². The lowest BCUT2D eigenvalue weighted by atomic mass is 10.1. The maximum Gasteiger partial charge on any atom is 0.242 e. The Bertz CT molecular complexity index is 1310. The number of sulfonamides is 1. The van der Waals surface area contributed by atoms with Gasteiger partial charge in [-0.2, -0.15) is 4.98 Å². The van der Waals surface area contributed by atoms with E-state index in [1.165, 1.54) is 19.3 Å². The van der Waals surface area contributed by atoms with Crippen molar-refractivity contribution in [2.24, 2.45) is 0 Å². The summed E-state index contributed by atoms with van der Waals surface area (Å²) in [6, 6.07) is 12.5. The largest absolute Gasteiger partial charge is 0.495 e. The van der Waals surface area contributed by atoms with Gasteiger partial charge in [0.15, 0.2) is 5.82 Å². The molecular formula is C24H30ClN7O3S. The van der Waals surface area contributed by atoms with Crippen molar-refractivity contribution in [3.05, 3.63) is 59.2 Å². The summed E-state index contributed by atoms with van der Waals surface area (Å²) >= 11 is 6.34. The van der Waals surface area contributed by atoms with Gasteiger partial charge in [-0.15, -0.1) is 0 Å². The molecule has 2 aromatic carbocycles. The van der Waals surface area contributed by atoms with Crippen molar-refractivity contribution < 1.29 is 13.2 Å². The summed E-state index contributed by atoms with van der Waals surface area (Å²) in [5.74, 6) is 1.20. The summed E-state index contributed by atoms with van der Waals surface area (Å²) in [7, 11) is 1.42. The Kier molecular flexibility index (Phi) is 8.27. The number of ether oxygens (including phenoxy) is 1. The molecule has 0 saturated carbocycles. The minimum absolute atomic E-state index is 0.0787. The van der Waals surface area contributed by atoms with Crippen LogP contribution in [0.3, 0.4) is 0 Å². The molecule has 10 nitrogen and oxygen atoms in total. The van der Waals surface area contributed by atoms with Gasteiger partial charge in [-0.3, -0.25) is 4.90 Å². The third kappa shape index (κ3) is 6.23. The van der Waals surface area contributed by atoms with E-state index in [1.807, 2.05) is 12.1 Å². The van der Waals surface area contributed by atoms with Gasteiger partial charge in [0.05, 0.1) is 24.7 Å². The number of methoxy groups -OCH3 is 1. The number of benzene rings is 2. The van der Waals surface area contributed by atoms with E-state index < -0.39 is 10.0 Å². The molecule has 1 aliphatic rings. The number of hydrogen-bond donors (Lipinski definition) is 3. The standard InChI is InChI=1S/C24H30ClN7O3S/c1-26-36(33,34)22-7-5-4-6-19(22)28-23-18(25)15-27-24(30-23)29-20-14-17(8-9-21(20)35-3)16-32-12-10-31(2)11-13-32/h4-9,14-15,26H,10-13,16H2,1-3H3,(H2,27,28,29,30). The first-order valence-corrected chi connectivity index (χ1v) is 13.3. The molecule has 1 aromatic heterocycles. The van der Waals surface area contributed by atoms with Crippen molar-refractivity contribution in [3.63, 3.8) is 0 Å². The summed E-state index contributed by atoms with van der Waals surface area (Å²) in [5.41, 5.74) is 2.20. The summed E-state index contributed by atoms with van der Waals surface area (Å²) in [4.78, 5) is 13.6. The van der Waals surface area contributed by atoms with Gasteiger partial charge in [0.1, 0.15) is 15.7 Å². The number of nitrogens with zero attached hydrogens (tertiary/aromatic N) is 4. The van der Waals surface area contributed by atoms with Crippen LogP contribution < -0.4 is 20.1 Å². The number of halogens is 1. The molecule has 12 heteroatoms. The molecule has 192 valence electrons. The lowest BCUT2D eigenvalue weighted by Gasteiger charge is -2.32. The maximum absolute atomic E-state index is 12.4. The molecule has 1 saturated heterocycles. The predicted molar refractivity (Wildman–Crippen MR) is 142 cm³/mol. The SMILES string of the molecule is CNS(=O)(=O)c1ccccc1Nc1nc(Nc2cc(CN3CCN(C)CC3)ccc2OC)ncc1Cl. The molecular weight excluding hydrogens is 502 g/mol. The zero-order valence-electron chi connectivity index (χ0n) is 20.5. The maximum atomic E-state index is 12.4. The van der Waals surface area contributed by atoms with Gasteiger partial charge >= 0.3 is 0 Å². The topological polar surface area (TPSA) is 112 Å². The summed E-state index contributed by atoms with van der Waals surface area (Å²) in [5, 5.41) is 6.48. The highest BCUT2D eigenvalue weighted by Crippen LogP contribution is 2.31. The highest BCUT2D eigenvalue weighted by Gasteiger charge is 2.18. The number of rotatable bonds is 9. The number of hydrogen-bond acceptors (Lipinski definition) is 9. The molecule has 4 rings (SSSR count). The van der Waals surface area contributed by atoms with Gasteiger partial charge in [-0.1, -0.05) is 29.8 Å². The van der Waals surface area contributed by atoms with Crippen LogP contribution in [0.4, 0.5) is 23.1 Å². The van der Waals surface area contributed by atoms with E-state index in [2.05, 4.69) is 48.2 Å². The third-order valence-corrected chi connectivity index (χ3v) is 7.70. The second kappa shape index (κ2) is 11.4. The molecule has 1 fully saturated rings.